The largest absolute Gasteiger partial charge is 0.479 e. The molecular weight excluding hydrogens is 821 g/mol. The van der Waals surface area contributed by atoms with E-state index >= 15 is 0 Å². The molecule has 4 aliphatic heterocycles. The minimum atomic E-state index is -1.30. The van der Waals surface area contributed by atoms with Gasteiger partial charge in [0.15, 0.2) is 21.7 Å². The van der Waals surface area contributed by atoms with Crippen molar-refractivity contribution >= 4 is 109 Å². The first-order valence-electron chi connectivity index (χ1n) is 15.4. The molecule has 294 valence electrons. The second-order valence-electron chi connectivity index (χ2n) is 11.2. The van der Waals surface area contributed by atoms with Crippen LogP contribution in [0.5, 0.6) is 0 Å². The first kappa shape index (κ1) is 40.9. The summed E-state index contributed by atoms with van der Waals surface area (Å²) in [5.74, 6) is -6.00. The van der Waals surface area contributed by atoms with E-state index in [0.29, 0.717) is 22.7 Å². The van der Waals surface area contributed by atoms with Crippen molar-refractivity contribution in [1.82, 2.24) is 30.4 Å². The van der Waals surface area contributed by atoms with E-state index in [0.717, 1.165) is 32.5 Å². The standard InChI is InChI=1S/C16H15N5O7S2.C14H13N5O5S2/c1-2-6-4-29-14-10(13(25)21(14)11(6)15(26)27)19-12(24)9(20-28-3-8(22)23)7-5-30-16(17)18-7;1-2-5-3-25-12-8(11(21)19(12)9(5)13(22)23)17-10(20)7(18-24)6-4-26-14(15)16-6/h2,5,10,14H,1,3-4H2,(H2,17,18)(H,19,24)(H,22,23)(H,26,27);2,4,8,12,24H,1,3H2,(H2,15,16)(H,17,20)(H,22,23)/b20-9+;18-7-/t10-,14-;8-,12-/m11/s1. The van der Waals surface area contributed by atoms with E-state index in [1.54, 1.807) is 0 Å². The predicted octanol–water partition coefficient (Wildman–Crippen LogP) is -0.717. The third kappa shape index (κ3) is 8.07. The lowest BCUT2D eigenvalue weighted by atomic mass is 10.0. The first-order chi connectivity index (χ1) is 26.6. The lowest BCUT2D eigenvalue weighted by Gasteiger charge is -2.49. The predicted molar refractivity (Wildman–Crippen MR) is 201 cm³/mol. The number of rotatable bonds is 13. The highest BCUT2D eigenvalue weighted by Crippen LogP contribution is 2.41. The van der Waals surface area contributed by atoms with Crippen molar-refractivity contribution in [3.63, 3.8) is 0 Å². The molecule has 26 heteroatoms. The van der Waals surface area contributed by atoms with Crippen molar-refractivity contribution in [2.75, 3.05) is 29.6 Å². The normalized spacial score (nSPS) is 21.6. The summed E-state index contributed by atoms with van der Waals surface area (Å²) in [5.41, 5.74) is 11.0. The smallest absolute Gasteiger partial charge is 0.352 e. The molecule has 0 spiro atoms. The number of allylic oxidation sites excluding steroid dienone is 2. The van der Waals surface area contributed by atoms with E-state index in [2.05, 4.69) is 48.9 Å². The summed E-state index contributed by atoms with van der Waals surface area (Å²) < 4.78 is 0. The number of carboxylic acid groups (broad SMARTS) is 3. The minimum Gasteiger partial charge on any atom is -0.479 e. The number of carboxylic acids is 3. The number of aliphatic carboxylic acids is 3. The molecule has 10 N–H and O–H groups in total. The second kappa shape index (κ2) is 17.0. The number of hydrogen-bond acceptors (Lipinski definition) is 19. The number of thiazole rings is 2. The van der Waals surface area contributed by atoms with Gasteiger partial charge in [-0.15, -0.1) is 46.2 Å². The van der Waals surface area contributed by atoms with Crippen LogP contribution in [0.4, 0.5) is 10.3 Å². The number of nitrogens with two attached hydrogens (primary N) is 2. The quantitative estimate of drug-likeness (QED) is 0.0534. The van der Waals surface area contributed by atoms with Crippen molar-refractivity contribution in [3.8, 4) is 0 Å². The highest BCUT2D eigenvalue weighted by molar-refractivity contribution is 8.00. The Hall–Kier alpha value is -6.25. The highest BCUT2D eigenvalue weighted by atomic mass is 32.2. The Bertz CT molecular complexity index is 2180. The van der Waals surface area contributed by atoms with Crippen LogP contribution in [0.25, 0.3) is 0 Å². The molecule has 56 heavy (non-hydrogen) atoms. The number of hydrogen-bond donors (Lipinski definition) is 8. The number of anilines is 2. The van der Waals surface area contributed by atoms with Crippen LogP contribution in [0, 0.1) is 0 Å². The maximum atomic E-state index is 12.7. The van der Waals surface area contributed by atoms with Gasteiger partial charge in [-0.2, -0.15) is 0 Å². The number of fused-ring (bicyclic) bond motifs is 2. The fraction of sp³-hybridized carbons (Fsp3) is 0.233. The zero-order valence-corrected chi connectivity index (χ0v) is 31.4. The Morgan fingerprint density at radius 2 is 1.25 bits per heavy atom. The summed E-state index contributed by atoms with van der Waals surface area (Å²) in [6.45, 7) is 6.33. The molecule has 0 saturated carbocycles. The molecule has 4 aliphatic rings. The average Bonchev–Trinajstić information content (AvgIpc) is 3.80. The molecule has 0 radical (unpaired) electrons. The number of nitrogen functional groups attached to an aromatic ring is 2. The average molecular weight is 849 g/mol. The fourth-order valence-electron chi connectivity index (χ4n) is 5.38. The van der Waals surface area contributed by atoms with Gasteiger partial charge in [0.25, 0.3) is 23.6 Å². The van der Waals surface area contributed by atoms with Crippen LogP contribution >= 0.6 is 46.2 Å². The van der Waals surface area contributed by atoms with Gasteiger partial charge in [-0.3, -0.25) is 29.0 Å². The van der Waals surface area contributed by atoms with E-state index in [9.17, 15) is 43.8 Å². The number of aromatic nitrogens is 2. The maximum Gasteiger partial charge on any atom is 0.352 e. The number of β-lactam (4-membered cyclic amide) rings is 2. The van der Waals surface area contributed by atoms with Crippen molar-refractivity contribution < 1.29 is 58.9 Å². The zero-order valence-electron chi connectivity index (χ0n) is 28.2. The van der Waals surface area contributed by atoms with Gasteiger partial charge in [0, 0.05) is 22.3 Å². The van der Waals surface area contributed by atoms with Gasteiger partial charge in [0.1, 0.15) is 45.6 Å². The third-order valence-corrected chi connectivity index (χ3v) is 11.8. The van der Waals surface area contributed by atoms with E-state index in [1.165, 1.54) is 46.4 Å². The fourth-order valence-corrected chi connectivity index (χ4v) is 9.16. The molecule has 2 aromatic heterocycles. The molecule has 2 saturated heterocycles. The van der Waals surface area contributed by atoms with Crippen LogP contribution in [0.3, 0.4) is 0 Å². The second-order valence-corrected chi connectivity index (χ2v) is 15.2. The number of amides is 4. The van der Waals surface area contributed by atoms with Crippen molar-refractivity contribution in [2.24, 2.45) is 10.3 Å². The Morgan fingerprint density at radius 1 is 0.821 bits per heavy atom. The molecule has 22 nitrogen and oxygen atoms in total. The molecule has 6 heterocycles. The minimum absolute atomic E-state index is 0.0420. The van der Waals surface area contributed by atoms with Crippen molar-refractivity contribution in [3.05, 3.63) is 70.0 Å². The summed E-state index contributed by atoms with van der Waals surface area (Å²) in [7, 11) is 0. The molecular formula is C30H28N10O12S4. The topological polar surface area (TPSA) is 343 Å². The van der Waals surface area contributed by atoms with E-state index in [1.807, 2.05) is 0 Å². The summed E-state index contributed by atoms with van der Waals surface area (Å²) >= 11 is 4.66. The van der Waals surface area contributed by atoms with Crippen LogP contribution in [0.15, 0.2) is 68.9 Å². The molecule has 2 aromatic rings. The molecule has 4 amide bonds. The monoisotopic (exact) mass is 848 g/mol. The summed E-state index contributed by atoms with van der Waals surface area (Å²) in [4.78, 5) is 98.3. The van der Waals surface area contributed by atoms with Gasteiger partial charge in [0.2, 0.25) is 6.61 Å². The SMILES string of the molecule is C=CC1=C(C(=O)O)N2C(=O)[C@@H](NC(=O)/C(=N/OCC(=O)O)c3csc(N)n3)[C@H]2SC1.C=CC1=C(C(=O)O)N2C(=O)[C@@H](NC(=O)/C(=N\O)c3csc(N)n3)[C@H]2SC1. The maximum absolute atomic E-state index is 12.7. The van der Waals surface area contributed by atoms with Gasteiger partial charge in [-0.25, -0.2) is 24.4 Å². The zero-order chi connectivity index (χ0) is 41.0. The molecule has 4 atom stereocenters. The van der Waals surface area contributed by atoms with Crippen LogP contribution in [-0.2, 0) is 38.4 Å². The number of carbonyl (C=O) groups excluding carboxylic acids is 4. The van der Waals surface area contributed by atoms with E-state index < -0.39 is 71.0 Å². The van der Waals surface area contributed by atoms with Gasteiger partial charge in [0.05, 0.1) is 0 Å². The van der Waals surface area contributed by atoms with Crippen LogP contribution in [-0.4, -0.2) is 134 Å². The molecule has 0 bridgehead atoms. The molecule has 0 unspecified atom stereocenters. The van der Waals surface area contributed by atoms with Gasteiger partial charge in [-0.1, -0.05) is 35.6 Å². The van der Waals surface area contributed by atoms with Crippen LogP contribution in [0.2, 0.25) is 0 Å². The Morgan fingerprint density at radius 3 is 1.61 bits per heavy atom. The molecule has 2 fully saturated rings. The summed E-state index contributed by atoms with van der Waals surface area (Å²) in [6, 6.07) is -1.95. The number of nitrogens with zero attached hydrogens (tertiary/aromatic N) is 6. The summed E-state index contributed by atoms with van der Waals surface area (Å²) in [6.07, 6.45) is 2.78. The van der Waals surface area contributed by atoms with Gasteiger partial charge < -0.3 is 47.5 Å². The van der Waals surface area contributed by atoms with E-state index in [4.69, 9.17) is 21.8 Å². The first-order valence-corrected chi connectivity index (χ1v) is 19.2. The lowest BCUT2D eigenvalue weighted by molar-refractivity contribution is -0.150. The van der Waals surface area contributed by atoms with Crippen LogP contribution in [0.1, 0.15) is 11.4 Å². The highest BCUT2D eigenvalue weighted by Gasteiger charge is 2.55. The van der Waals surface area contributed by atoms with Crippen molar-refractivity contribution in [2.45, 2.75) is 22.8 Å². The Labute approximate surface area is 330 Å². The molecule has 0 aromatic carbocycles. The summed E-state index contributed by atoms with van der Waals surface area (Å²) in [5, 5.41) is 49.9. The molecule has 0 aliphatic carbocycles. The van der Waals surface area contributed by atoms with E-state index in [-0.39, 0.29) is 44.5 Å². The number of oxime groups is 2. The molecule has 6 rings (SSSR count). The van der Waals surface area contributed by atoms with Crippen LogP contribution < -0.4 is 22.1 Å². The van der Waals surface area contributed by atoms with Gasteiger partial charge >= 0.3 is 17.9 Å². The number of thioether (sulfide) groups is 2. The lowest BCUT2D eigenvalue weighted by Crippen LogP contribution is -2.71. The number of nitrogens with one attached hydrogen (secondary N) is 2. The third-order valence-electron chi connectivity index (χ3n) is 7.87. The Kier molecular flexibility index (Phi) is 12.5. The van der Waals surface area contributed by atoms with Crippen molar-refractivity contribution in [1.29, 1.82) is 0 Å². The Balaban J connectivity index is 0.000000216. The van der Waals surface area contributed by atoms with Gasteiger partial charge in [-0.05, 0) is 11.1 Å². The number of carbonyl (C=O) groups is 7.